The molecule has 1 heteroatoms. The molecule has 0 heterocycles. The van der Waals surface area contributed by atoms with Gasteiger partial charge in [-0.05, 0) is 18.9 Å². The molecule has 0 amide bonds. The lowest BCUT2D eigenvalue weighted by Crippen LogP contribution is -2.22. The summed E-state index contributed by atoms with van der Waals surface area (Å²) < 4.78 is 0. The highest BCUT2D eigenvalue weighted by Crippen LogP contribution is 2.27. The van der Waals surface area contributed by atoms with E-state index in [0.29, 0.717) is 0 Å². The second-order valence-electron chi connectivity index (χ2n) is 4.67. The van der Waals surface area contributed by atoms with E-state index in [1.165, 1.54) is 6.04 Å². The summed E-state index contributed by atoms with van der Waals surface area (Å²) in [5.74, 6) is 0.765. The van der Waals surface area contributed by atoms with Gasteiger partial charge in [-0.3, -0.25) is 0 Å². The molecular formula is C10H18Si. The molecule has 0 spiro atoms. The molecule has 0 aromatic carbocycles. The average molecular weight is 166 g/mol. The second kappa shape index (κ2) is 2.98. The summed E-state index contributed by atoms with van der Waals surface area (Å²) in [6.07, 6.45) is 6.78. The van der Waals surface area contributed by atoms with Crippen LogP contribution in [0.4, 0.5) is 0 Å². The smallest absolute Gasteiger partial charge is 0.0451 e. The highest BCUT2D eigenvalue weighted by molar-refractivity contribution is 6.76. The van der Waals surface area contributed by atoms with Gasteiger partial charge in [-0.25, -0.2) is 0 Å². The molecular weight excluding hydrogens is 148 g/mol. The molecule has 0 radical (unpaired) electrons. The Labute approximate surface area is 71.0 Å². The summed E-state index contributed by atoms with van der Waals surface area (Å²) in [7, 11) is -0.856. The third-order valence-electron chi connectivity index (χ3n) is 2.12. The molecule has 1 rings (SSSR count). The SMILES string of the molecule is CC1=CC=CC1C[Si](C)(C)C. The fourth-order valence-corrected chi connectivity index (χ4v) is 3.28. The lowest BCUT2D eigenvalue weighted by molar-refractivity contribution is 0.858. The van der Waals surface area contributed by atoms with Crippen molar-refractivity contribution in [3.05, 3.63) is 23.8 Å². The molecule has 0 aromatic rings. The van der Waals surface area contributed by atoms with Crippen LogP contribution in [0.15, 0.2) is 23.8 Å². The third kappa shape index (κ3) is 2.66. The second-order valence-corrected chi connectivity index (χ2v) is 10.2. The Balaban J connectivity index is 2.52. The molecule has 0 fully saturated rings. The standard InChI is InChI=1S/C10H18Si/c1-9-6-5-7-10(9)8-11(2,3)4/h5-7,10H,8H2,1-4H3. The lowest BCUT2D eigenvalue weighted by Gasteiger charge is -2.20. The topological polar surface area (TPSA) is 0 Å². The zero-order chi connectivity index (χ0) is 8.48. The molecule has 0 N–H and O–H groups in total. The van der Waals surface area contributed by atoms with Crippen molar-refractivity contribution in [2.75, 3.05) is 0 Å². The third-order valence-corrected chi connectivity index (χ3v) is 3.78. The highest BCUT2D eigenvalue weighted by atomic mass is 28.3. The average Bonchev–Trinajstić information content (AvgIpc) is 2.12. The van der Waals surface area contributed by atoms with Gasteiger partial charge in [0.25, 0.3) is 0 Å². The minimum Gasteiger partial charge on any atom is -0.0776 e. The minimum atomic E-state index is -0.856. The van der Waals surface area contributed by atoms with Crippen LogP contribution in [0.1, 0.15) is 6.92 Å². The van der Waals surface area contributed by atoms with Crippen molar-refractivity contribution in [2.45, 2.75) is 32.6 Å². The molecule has 0 aromatic heterocycles. The van der Waals surface area contributed by atoms with E-state index >= 15 is 0 Å². The normalized spacial score (nSPS) is 24.0. The molecule has 0 bridgehead atoms. The van der Waals surface area contributed by atoms with Crippen molar-refractivity contribution in [1.82, 2.24) is 0 Å². The highest BCUT2D eigenvalue weighted by Gasteiger charge is 2.20. The zero-order valence-corrected chi connectivity index (χ0v) is 9.02. The molecule has 1 aliphatic carbocycles. The lowest BCUT2D eigenvalue weighted by atomic mass is 10.1. The van der Waals surface area contributed by atoms with E-state index in [-0.39, 0.29) is 0 Å². The Morgan fingerprint density at radius 3 is 2.36 bits per heavy atom. The Morgan fingerprint density at radius 2 is 2.00 bits per heavy atom. The number of allylic oxidation sites excluding steroid dienone is 4. The summed E-state index contributed by atoms with van der Waals surface area (Å²) in [6.45, 7) is 9.55. The van der Waals surface area contributed by atoms with Gasteiger partial charge in [-0.1, -0.05) is 43.4 Å². The number of hydrogen-bond donors (Lipinski definition) is 0. The van der Waals surface area contributed by atoms with Crippen molar-refractivity contribution in [1.29, 1.82) is 0 Å². The van der Waals surface area contributed by atoms with E-state index in [2.05, 4.69) is 44.8 Å². The first-order valence-electron chi connectivity index (χ1n) is 4.34. The summed E-state index contributed by atoms with van der Waals surface area (Å²) in [5, 5.41) is 0. The first kappa shape index (κ1) is 8.79. The number of hydrogen-bond acceptors (Lipinski definition) is 0. The molecule has 0 saturated heterocycles. The fourth-order valence-electron chi connectivity index (χ4n) is 1.51. The van der Waals surface area contributed by atoms with Crippen molar-refractivity contribution in [2.24, 2.45) is 5.92 Å². The predicted molar refractivity (Wildman–Crippen MR) is 54.5 cm³/mol. The van der Waals surface area contributed by atoms with Crippen LogP contribution in [-0.2, 0) is 0 Å². The van der Waals surface area contributed by atoms with Gasteiger partial charge in [0, 0.05) is 8.07 Å². The van der Waals surface area contributed by atoms with Gasteiger partial charge in [-0.2, -0.15) is 0 Å². The maximum Gasteiger partial charge on any atom is 0.0451 e. The number of rotatable bonds is 2. The molecule has 0 saturated carbocycles. The van der Waals surface area contributed by atoms with Crippen LogP contribution < -0.4 is 0 Å². The maximum absolute atomic E-state index is 2.44. The minimum absolute atomic E-state index is 0.765. The van der Waals surface area contributed by atoms with Crippen LogP contribution >= 0.6 is 0 Å². The van der Waals surface area contributed by atoms with E-state index in [0.717, 1.165) is 5.92 Å². The first-order chi connectivity index (χ1) is 4.99. The van der Waals surface area contributed by atoms with Gasteiger partial charge in [0.2, 0.25) is 0 Å². The van der Waals surface area contributed by atoms with Crippen molar-refractivity contribution >= 4 is 8.07 Å². The summed E-state index contributed by atoms with van der Waals surface area (Å²) in [5.41, 5.74) is 1.55. The predicted octanol–water partition coefficient (Wildman–Crippen LogP) is 3.46. The van der Waals surface area contributed by atoms with Crippen LogP contribution in [-0.4, -0.2) is 8.07 Å². The maximum atomic E-state index is 2.44. The monoisotopic (exact) mass is 166 g/mol. The van der Waals surface area contributed by atoms with Crippen LogP contribution in [0, 0.1) is 5.92 Å². The molecule has 62 valence electrons. The molecule has 1 aliphatic rings. The van der Waals surface area contributed by atoms with Crippen LogP contribution in [0.5, 0.6) is 0 Å². The van der Waals surface area contributed by atoms with Crippen molar-refractivity contribution in [3.63, 3.8) is 0 Å². The van der Waals surface area contributed by atoms with Gasteiger partial charge in [0.15, 0.2) is 0 Å². The Hall–Kier alpha value is -0.303. The summed E-state index contributed by atoms with van der Waals surface area (Å²) in [6, 6.07) is 1.41. The Kier molecular flexibility index (Phi) is 2.38. The van der Waals surface area contributed by atoms with E-state index in [1.807, 2.05) is 0 Å². The van der Waals surface area contributed by atoms with Gasteiger partial charge < -0.3 is 0 Å². The Bertz CT molecular complexity index is 193. The van der Waals surface area contributed by atoms with E-state index < -0.39 is 8.07 Å². The van der Waals surface area contributed by atoms with Crippen molar-refractivity contribution in [3.8, 4) is 0 Å². The van der Waals surface area contributed by atoms with Crippen LogP contribution in [0.2, 0.25) is 25.7 Å². The van der Waals surface area contributed by atoms with Crippen LogP contribution in [0.25, 0.3) is 0 Å². The quantitative estimate of drug-likeness (QED) is 0.551. The molecule has 0 aliphatic heterocycles. The summed E-state index contributed by atoms with van der Waals surface area (Å²) in [4.78, 5) is 0. The zero-order valence-electron chi connectivity index (χ0n) is 8.02. The van der Waals surface area contributed by atoms with Gasteiger partial charge in [-0.15, -0.1) is 0 Å². The van der Waals surface area contributed by atoms with Crippen LogP contribution in [0.3, 0.4) is 0 Å². The fraction of sp³-hybridized carbons (Fsp3) is 0.600. The van der Waals surface area contributed by atoms with Crippen molar-refractivity contribution < 1.29 is 0 Å². The van der Waals surface area contributed by atoms with E-state index in [9.17, 15) is 0 Å². The molecule has 0 nitrogen and oxygen atoms in total. The largest absolute Gasteiger partial charge is 0.0776 e. The van der Waals surface area contributed by atoms with E-state index in [4.69, 9.17) is 0 Å². The molecule has 11 heavy (non-hydrogen) atoms. The van der Waals surface area contributed by atoms with Gasteiger partial charge in [0.05, 0.1) is 0 Å². The first-order valence-corrected chi connectivity index (χ1v) is 8.05. The summed E-state index contributed by atoms with van der Waals surface area (Å²) >= 11 is 0. The van der Waals surface area contributed by atoms with Gasteiger partial charge in [0.1, 0.15) is 0 Å². The van der Waals surface area contributed by atoms with E-state index in [1.54, 1.807) is 5.57 Å². The molecule has 1 unspecified atom stereocenters. The van der Waals surface area contributed by atoms with Gasteiger partial charge >= 0.3 is 0 Å². The Morgan fingerprint density at radius 1 is 1.36 bits per heavy atom. The molecule has 1 atom stereocenters.